The monoisotopic (exact) mass is 420 g/mol. The Kier molecular flexibility index (Phi) is 6.45. The zero-order valence-electron chi connectivity index (χ0n) is 17.6. The number of hydrogen-bond donors (Lipinski definition) is 1. The molecule has 0 saturated carbocycles. The summed E-state index contributed by atoms with van der Waals surface area (Å²) < 4.78 is 40.9. The average Bonchev–Trinajstić information content (AvgIpc) is 2.65. The molecule has 0 spiro atoms. The number of carbonyl (C=O) groups is 1. The second-order valence-electron chi connectivity index (χ2n) is 8.33. The number of rotatable bonds is 5. The lowest BCUT2D eigenvalue weighted by atomic mass is 9.99. The number of aromatic nitrogens is 2. The fraction of sp³-hybridized carbons (Fsp3) is 0.500. The van der Waals surface area contributed by atoms with E-state index in [9.17, 15) is 18.0 Å². The molecule has 2 atom stereocenters. The molecule has 5 nitrogen and oxygen atoms in total. The van der Waals surface area contributed by atoms with Gasteiger partial charge in [-0.15, -0.1) is 0 Å². The molecule has 1 aliphatic rings. The van der Waals surface area contributed by atoms with Gasteiger partial charge in [0.2, 0.25) is 5.78 Å². The first-order valence-electron chi connectivity index (χ1n) is 10.1. The second-order valence-corrected chi connectivity index (χ2v) is 8.33. The number of piperazine rings is 1. The highest BCUT2D eigenvalue weighted by molar-refractivity contribution is 6.09. The maximum Gasteiger partial charge on any atom is 0.418 e. The standard InChI is InChI=1S/C22H27F3N4O/c1-13(2)10-16-12-29(11-14(3)27-16)19-8-7-18(22(23,24)25)20(28-19)21(30)17-6-5-9-26-15(17)4/h5-9,13-14,16,27H,10-12H2,1-4H3/t14-,16+/m1/s1. The fourth-order valence-corrected chi connectivity index (χ4v) is 3.96. The molecule has 30 heavy (non-hydrogen) atoms. The molecule has 0 aliphatic carbocycles. The molecule has 162 valence electrons. The number of hydrogen-bond acceptors (Lipinski definition) is 5. The summed E-state index contributed by atoms with van der Waals surface area (Å²) >= 11 is 0. The molecule has 1 aliphatic heterocycles. The van der Waals surface area contributed by atoms with Crippen molar-refractivity contribution in [3.8, 4) is 0 Å². The summed E-state index contributed by atoms with van der Waals surface area (Å²) in [7, 11) is 0. The van der Waals surface area contributed by atoms with Gasteiger partial charge in [0.15, 0.2) is 0 Å². The molecular formula is C22H27F3N4O. The molecule has 3 heterocycles. The molecule has 0 bridgehead atoms. The molecule has 0 unspecified atom stereocenters. The Balaban J connectivity index is 2.01. The summed E-state index contributed by atoms with van der Waals surface area (Å²) in [6.45, 7) is 9.13. The van der Waals surface area contributed by atoms with E-state index in [0.29, 0.717) is 30.5 Å². The van der Waals surface area contributed by atoms with Crippen LogP contribution in [0.4, 0.5) is 19.0 Å². The van der Waals surface area contributed by atoms with E-state index in [4.69, 9.17) is 0 Å². The van der Waals surface area contributed by atoms with Gasteiger partial charge in [-0.3, -0.25) is 9.78 Å². The first kappa shape index (κ1) is 22.2. The van der Waals surface area contributed by atoms with Crippen LogP contribution >= 0.6 is 0 Å². The summed E-state index contributed by atoms with van der Waals surface area (Å²) in [6, 6.07) is 5.70. The smallest absolute Gasteiger partial charge is 0.353 e. The van der Waals surface area contributed by atoms with E-state index in [2.05, 4.69) is 29.1 Å². The lowest BCUT2D eigenvalue weighted by Crippen LogP contribution is -2.56. The molecule has 8 heteroatoms. The average molecular weight is 420 g/mol. The largest absolute Gasteiger partial charge is 0.418 e. The fourth-order valence-electron chi connectivity index (χ4n) is 3.96. The number of alkyl halides is 3. The topological polar surface area (TPSA) is 58.1 Å². The van der Waals surface area contributed by atoms with E-state index in [-0.39, 0.29) is 17.6 Å². The zero-order valence-corrected chi connectivity index (χ0v) is 17.6. The summed E-state index contributed by atoms with van der Waals surface area (Å²) in [5.41, 5.74) is -1.11. The highest BCUT2D eigenvalue weighted by atomic mass is 19.4. The molecule has 3 rings (SSSR count). The summed E-state index contributed by atoms with van der Waals surface area (Å²) in [5.74, 6) is 0.104. The minimum absolute atomic E-state index is 0.124. The maximum atomic E-state index is 13.6. The highest BCUT2D eigenvalue weighted by Gasteiger charge is 2.37. The lowest BCUT2D eigenvalue weighted by Gasteiger charge is -2.39. The molecule has 1 N–H and O–H groups in total. The van der Waals surface area contributed by atoms with Crippen LogP contribution < -0.4 is 10.2 Å². The van der Waals surface area contributed by atoms with Crippen LogP contribution in [0.25, 0.3) is 0 Å². The normalized spacial score (nSPS) is 19.9. The Labute approximate surface area is 174 Å². The van der Waals surface area contributed by atoms with Gasteiger partial charge in [-0.2, -0.15) is 13.2 Å². The molecule has 1 fully saturated rings. The first-order valence-corrected chi connectivity index (χ1v) is 10.1. The van der Waals surface area contributed by atoms with Gasteiger partial charge in [0, 0.05) is 42.6 Å². The van der Waals surface area contributed by atoms with E-state index >= 15 is 0 Å². The van der Waals surface area contributed by atoms with Crippen molar-refractivity contribution < 1.29 is 18.0 Å². The molecule has 0 aromatic carbocycles. The van der Waals surface area contributed by atoms with Crippen LogP contribution in [-0.2, 0) is 6.18 Å². The third kappa shape index (κ3) is 4.98. The van der Waals surface area contributed by atoms with E-state index in [1.807, 2.05) is 11.8 Å². The Morgan fingerprint density at radius 3 is 2.63 bits per heavy atom. The van der Waals surface area contributed by atoms with Crippen LogP contribution in [0.15, 0.2) is 30.5 Å². The number of halogens is 3. The summed E-state index contributed by atoms with van der Waals surface area (Å²) in [4.78, 5) is 23.2. The zero-order chi connectivity index (χ0) is 22.1. The SMILES string of the molecule is Cc1ncccc1C(=O)c1nc(N2C[C@H](CC(C)C)N[C@H](C)C2)ccc1C(F)(F)F. The van der Waals surface area contributed by atoms with Gasteiger partial charge in [-0.05, 0) is 50.5 Å². The van der Waals surface area contributed by atoms with E-state index in [1.54, 1.807) is 6.92 Å². The lowest BCUT2D eigenvalue weighted by molar-refractivity contribution is -0.138. The number of nitrogens with zero attached hydrogens (tertiary/aromatic N) is 3. The van der Waals surface area contributed by atoms with Gasteiger partial charge in [0.05, 0.1) is 5.56 Å². The van der Waals surface area contributed by atoms with Crippen LogP contribution in [0, 0.1) is 12.8 Å². The molecule has 2 aromatic rings. The highest BCUT2D eigenvalue weighted by Crippen LogP contribution is 2.34. The second kappa shape index (κ2) is 8.71. The number of nitrogens with one attached hydrogen (secondary N) is 1. The Morgan fingerprint density at radius 1 is 1.27 bits per heavy atom. The van der Waals surface area contributed by atoms with Crippen molar-refractivity contribution >= 4 is 11.6 Å². The third-order valence-corrected chi connectivity index (χ3v) is 5.19. The number of carbonyl (C=O) groups excluding carboxylic acids is 1. The summed E-state index contributed by atoms with van der Waals surface area (Å²) in [5, 5.41) is 3.53. The van der Waals surface area contributed by atoms with Crippen molar-refractivity contribution in [3.63, 3.8) is 0 Å². The Bertz CT molecular complexity index is 911. The Hall–Kier alpha value is -2.48. The Morgan fingerprint density at radius 2 is 2.00 bits per heavy atom. The molecule has 0 radical (unpaired) electrons. The third-order valence-electron chi connectivity index (χ3n) is 5.19. The van der Waals surface area contributed by atoms with Crippen molar-refractivity contribution in [1.82, 2.24) is 15.3 Å². The van der Waals surface area contributed by atoms with Crippen LogP contribution in [0.3, 0.4) is 0 Å². The quantitative estimate of drug-likeness (QED) is 0.733. The van der Waals surface area contributed by atoms with Crippen LogP contribution in [0.5, 0.6) is 0 Å². The van der Waals surface area contributed by atoms with E-state index < -0.39 is 23.2 Å². The van der Waals surface area contributed by atoms with Gasteiger partial charge < -0.3 is 10.2 Å². The van der Waals surface area contributed by atoms with Crippen molar-refractivity contribution in [2.45, 2.75) is 52.4 Å². The van der Waals surface area contributed by atoms with E-state index in [0.717, 1.165) is 12.5 Å². The number of pyridine rings is 2. The first-order chi connectivity index (χ1) is 14.1. The number of ketones is 1. The molecular weight excluding hydrogens is 393 g/mol. The minimum Gasteiger partial charge on any atom is -0.353 e. The van der Waals surface area contributed by atoms with Gasteiger partial charge in [-0.1, -0.05) is 13.8 Å². The van der Waals surface area contributed by atoms with Crippen LogP contribution in [0.1, 0.15) is 54.5 Å². The number of aryl methyl sites for hydroxylation is 1. The van der Waals surface area contributed by atoms with E-state index in [1.165, 1.54) is 24.4 Å². The summed E-state index contributed by atoms with van der Waals surface area (Å²) in [6.07, 6.45) is -2.23. The van der Waals surface area contributed by atoms with Gasteiger partial charge >= 0.3 is 6.18 Å². The van der Waals surface area contributed by atoms with Crippen molar-refractivity contribution in [2.75, 3.05) is 18.0 Å². The van der Waals surface area contributed by atoms with Crippen molar-refractivity contribution in [2.24, 2.45) is 5.92 Å². The van der Waals surface area contributed by atoms with Gasteiger partial charge in [0.25, 0.3) is 0 Å². The van der Waals surface area contributed by atoms with Crippen LogP contribution in [0.2, 0.25) is 0 Å². The van der Waals surface area contributed by atoms with Crippen molar-refractivity contribution in [3.05, 3.63) is 53.0 Å². The van der Waals surface area contributed by atoms with Crippen molar-refractivity contribution in [1.29, 1.82) is 0 Å². The maximum absolute atomic E-state index is 13.6. The van der Waals surface area contributed by atoms with Gasteiger partial charge in [-0.25, -0.2) is 4.98 Å². The molecule has 0 amide bonds. The predicted octanol–water partition coefficient (Wildman–Crippen LogP) is 4.25. The minimum atomic E-state index is -4.68. The molecule has 2 aromatic heterocycles. The number of anilines is 1. The van der Waals surface area contributed by atoms with Crippen LogP contribution in [-0.4, -0.2) is 40.9 Å². The molecule has 1 saturated heterocycles. The predicted molar refractivity (Wildman–Crippen MR) is 110 cm³/mol. The van der Waals surface area contributed by atoms with Gasteiger partial charge in [0.1, 0.15) is 11.5 Å².